The zero-order valence-electron chi connectivity index (χ0n) is 12.3. The van der Waals surface area contributed by atoms with E-state index in [1.807, 2.05) is 18.7 Å². The molecule has 0 bridgehead atoms. The number of nitrogens with zero attached hydrogens (tertiary/aromatic N) is 2. The summed E-state index contributed by atoms with van der Waals surface area (Å²) in [6.45, 7) is 6.62. The molecular weight excluding hydrogens is 256 g/mol. The molecule has 3 N–H and O–H groups in total. The quantitative estimate of drug-likeness (QED) is 0.788. The number of likely N-dealkylation sites (tertiary alicyclic amines) is 1. The summed E-state index contributed by atoms with van der Waals surface area (Å²) in [5.41, 5.74) is 7.78. The Morgan fingerprint density at radius 2 is 2.15 bits per heavy atom. The highest BCUT2D eigenvalue weighted by molar-refractivity contribution is 5.96. The predicted molar refractivity (Wildman–Crippen MR) is 76.6 cm³/mol. The van der Waals surface area contributed by atoms with Crippen molar-refractivity contribution >= 4 is 5.91 Å². The number of amides is 1. The van der Waals surface area contributed by atoms with Crippen molar-refractivity contribution in [2.75, 3.05) is 26.2 Å². The summed E-state index contributed by atoms with van der Waals surface area (Å²) in [4.78, 5) is 14.4. The van der Waals surface area contributed by atoms with Gasteiger partial charge in [0.1, 0.15) is 0 Å². The standard InChI is InChI=1S/C14H24N4O2/c1-10-13(11(2)17-16-10)14(19)18-7-4-12(5-8-18)20-9-3-6-15/h12H,3-9,15H2,1-2H3,(H,16,17). The van der Waals surface area contributed by atoms with Crippen molar-refractivity contribution in [2.24, 2.45) is 5.73 Å². The number of aryl methyl sites for hydroxylation is 2. The second-order valence-corrected chi connectivity index (χ2v) is 5.31. The van der Waals surface area contributed by atoms with Gasteiger partial charge in [0.25, 0.3) is 5.91 Å². The molecule has 0 saturated carbocycles. The van der Waals surface area contributed by atoms with Crippen molar-refractivity contribution in [3.63, 3.8) is 0 Å². The van der Waals surface area contributed by atoms with Crippen LogP contribution in [0.1, 0.15) is 41.0 Å². The van der Waals surface area contributed by atoms with Crippen LogP contribution in [0, 0.1) is 13.8 Å². The van der Waals surface area contributed by atoms with Crippen molar-refractivity contribution in [1.29, 1.82) is 0 Å². The average Bonchev–Trinajstić information content (AvgIpc) is 2.78. The molecule has 0 atom stereocenters. The molecule has 0 unspecified atom stereocenters. The third-order valence-corrected chi connectivity index (χ3v) is 3.77. The Bertz CT molecular complexity index is 431. The topological polar surface area (TPSA) is 84.2 Å². The summed E-state index contributed by atoms with van der Waals surface area (Å²) in [6, 6.07) is 0. The van der Waals surface area contributed by atoms with Crippen molar-refractivity contribution in [2.45, 2.75) is 39.2 Å². The van der Waals surface area contributed by atoms with E-state index in [9.17, 15) is 4.79 Å². The number of hydrogen-bond donors (Lipinski definition) is 2. The lowest BCUT2D eigenvalue weighted by molar-refractivity contribution is 0.00841. The van der Waals surface area contributed by atoms with Crippen molar-refractivity contribution in [1.82, 2.24) is 15.1 Å². The Hall–Kier alpha value is -1.40. The molecule has 1 aromatic rings. The first-order valence-corrected chi connectivity index (χ1v) is 7.26. The largest absolute Gasteiger partial charge is 0.378 e. The molecule has 1 fully saturated rings. The molecule has 0 aromatic carbocycles. The monoisotopic (exact) mass is 280 g/mol. The van der Waals surface area contributed by atoms with Crippen LogP contribution in [-0.2, 0) is 4.74 Å². The number of aromatic nitrogens is 2. The normalized spacial score (nSPS) is 16.6. The van der Waals surface area contributed by atoms with E-state index in [0.717, 1.165) is 50.3 Å². The van der Waals surface area contributed by atoms with Gasteiger partial charge < -0.3 is 15.4 Å². The summed E-state index contributed by atoms with van der Waals surface area (Å²) >= 11 is 0. The van der Waals surface area contributed by atoms with Crippen LogP contribution in [0.5, 0.6) is 0 Å². The van der Waals surface area contributed by atoms with E-state index in [-0.39, 0.29) is 12.0 Å². The van der Waals surface area contributed by atoms with Gasteiger partial charge in [-0.15, -0.1) is 0 Å². The van der Waals surface area contributed by atoms with Crippen LogP contribution < -0.4 is 5.73 Å². The Labute approximate surface area is 119 Å². The van der Waals surface area contributed by atoms with Gasteiger partial charge in [-0.2, -0.15) is 5.10 Å². The number of H-pyrrole nitrogens is 1. The summed E-state index contributed by atoms with van der Waals surface area (Å²) in [7, 11) is 0. The molecule has 1 aliphatic heterocycles. The lowest BCUT2D eigenvalue weighted by Gasteiger charge is -2.32. The third-order valence-electron chi connectivity index (χ3n) is 3.77. The van der Waals surface area contributed by atoms with Gasteiger partial charge in [-0.25, -0.2) is 0 Å². The van der Waals surface area contributed by atoms with Crippen LogP contribution in [-0.4, -0.2) is 53.3 Å². The average molecular weight is 280 g/mol. The van der Waals surface area contributed by atoms with Crippen LogP contribution in [0.3, 0.4) is 0 Å². The fourth-order valence-corrected chi connectivity index (χ4v) is 2.58. The number of aromatic amines is 1. The number of hydrogen-bond acceptors (Lipinski definition) is 4. The van der Waals surface area contributed by atoms with E-state index in [4.69, 9.17) is 10.5 Å². The van der Waals surface area contributed by atoms with Gasteiger partial charge in [-0.1, -0.05) is 0 Å². The minimum absolute atomic E-state index is 0.0779. The highest BCUT2D eigenvalue weighted by Gasteiger charge is 2.26. The Kier molecular flexibility index (Phi) is 5.14. The molecule has 0 aliphatic carbocycles. The minimum Gasteiger partial charge on any atom is -0.378 e. The predicted octanol–water partition coefficient (Wildman–Crippen LogP) is 0.997. The van der Waals surface area contributed by atoms with E-state index < -0.39 is 0 Å². The lowest BCUT2D eigenvalue weighted by atomic mass is 10.1. The molecule has 2 heterocycles. The van der Waals surface area contributed by atoms with E-state index in [1.165, 1.54) is 0 Å². The van der Waals surface area contributed by atoms with Crippen LogP contribution >= 0.6 is 0 Å². The Morgan fingerprint density at radius 3 is 2.70 bits per heavy atom. The minimum atomic E-state index is 0.0779. The zero-order chi connectivity index (χ0) is 14.5. The Morgan fingerprint density at radius 1 is 1.45 bits per heavy atom. The van der Waals surface area contributed by atoms with Crippen LogP contribution in [0.4, 0.5) is 0 Å². The summed E-state index contributed by atoms with van der Waals surface area (Å²) < 4.78 is 5.75. The molecule has 2 rings (SSSR count). The summed E-state index contributed by atoms with van der Waals surface area (Å²) in [6.07, 6.45) is 2.95. The van der Waals surface area contributed by atoms with Crippen LogP contribution in [0.25, 0.3) is 0 Å². The first kappa shape index (κ1) is 15.0. The lowest BCUT2D eigenvalue weighted by Crippen LogP contribution is -2.41. The van der Waals surface area contributed by atoms with Crippen molar-refractivity contribution in [3.05, 3.63) is 17.0 Å². The number of nitrogens with two attached hydrogens (primary N) is 1. The van der Waals surface area contributed by atoms with Crippen molar-refractivity contribution in [3.8, 4) is 0 Å². The molecular formula is C14H24N4O2. The van der Waals surface area contributed by atoms with Crippen LogP contribution in [0.15, 0.2) is 0 Å². The zero-order valence-corrected chi connectivity index (χ0v) is 12.3. The molecule has 1 aromatic heterocycles. The molecule has 20 heavy (non-hydrogen) atoms. The highest BCUT2D eigenvalue weighted by Crippen LogP contribution is 2.19. The maximum Gasteiger partial charge on any atom is 0.257 e. The molecule has 1 aliphatic rings. The summed E-state index contributed by atoms with van der Waals surface area (Å²) in [5, 5.41) is 6.95. The number of ether oxygens (including phenoxy) is 1. The second-order valence-electron chi connectivity index (χ2n) is 5.31. The number of carbonyl (C=O) groups is 1. The van der Waals surface area contributed by atoms with Gasteiger partial charge in [0, 0.05) is 25.4 Å². The van der Waals surface area contributed by atoms with Crippen LogP contribution in [0.2, 0.25) is 0 Å². The third kappa shape index (κ3) is 3.37. The van der Waals surface area contributed by atoms with E-state index in [0.29, 0.717) is 12.1 Å². The first-order valence-electron chi connectivity index (χ1n) is 7.26. The maximum absolute atomic E-state index is 12.5. The maximum atomic E-state index is 12.5. The number of nitrogens with one attached hydrogen (secondary N) is 1. The molecule has 6 nitrogen and oxygen atoms in total. The first-order chi connectivity index (χ1) is 9.63. The number of piperidine rings is 1. The van der Waals surface area contributed by atoms with Gasteiger partial charge in [0.15, 0.2) is 0 Å². The van der Waals surface area contributed by atoms with Gasteiger partial charge in [0.05, 0.1) is 17.4 Å². The second kappa shape index (κ2) is 6.85. The van der Waals surface area contributed by atoms with E-state index in [1.54, 1.807) is 0 Å². The van der Waals surface area contributed by atoms with E-state index >= 15 is 0 Å². The number of rotatable bonds is 5. The highest BCUT2D eigenvalue weighted by atomic mass is 16.5. The van der Waals surface area contributed by atoms with Gasteiger partial charge >= 0.3 is 0 Å². The molecule has 6 heteroatoms. The van der Waals surface area contributed by atoms with E-state index in [2.05, 4.69) is 10.2 Å². The number of carbonyl (C=O) groups excluding carboxylic acids is 1. The SMILES string of the molecule is Cc1n[nH]c(C)c1C(=O)N1CCC(OCCCN)CC1. The molecule has 0 radical (unpaired) electrons. The van der Waals surface area contributed by atoms with Gasteiger partial charge in [0.2, 0.25) is 0 Å². The van der Waals surface area contributed by atoms with Gasteiger partial charge in [-0.3, -0.25) is 9.89 Å². The molecule has 1 amide bonds. The molecule has 0 spiro atoms. The smallest absolute Gasteiger partial charge is 0.257 e. The molecule has 112 valence electrons. The van der Waals surface area contributed by atoms with Crippen molar-refractivity contribution < 1.29 is 9.53 Å². The Balaban J connectivity index is 1.86. The fraction of sp³-hybridized carbons (Fsp3) is 0.714. The van der Waals surface area contributed by atoms with Gasteiger partial charge in [-0.05, 0) is 39.7 Å². The fourth-order valence-electron chi connectivity index (χ4n) is 2.58. The molecule has 1 saturated heterocycles. The summed E-state index contributed by atoms with van der Waals surface area (Å²) in [5.74, 6) is 0.0779.